The number of hydrogen-bond acceptors (Lipinski definition) is 2. The summed E-state index contributed by atoms with van der Waals surface area (Å²) < 4.78 is 4.64. The summed E-state index contributed by atoms with van der Waals surface area (Å²) in [4.78, 5) is 0. The summed E-state index contributed by atoms with van der Waals surface area (Å²) in [6, 6.07) is 8.39. The lowest BCUT2D eigenvalue weighted by Crippen LogP contribution is -1.75. The molecule has 2 aromatic rings. The van der Waals surface area contributed by atoms with E-state index in [1.165, 1.54) is 12.3 Å². The van der Waals surface area contributed by atoms with Gasteiger partial charge in [-0.15, -0.1) is 0 Å². The number of nitrogens with zero attached hydrogens (tertiary/aromatic N) is 1. The Morgan fingerprint density at radius 2 is 2.00 bits per heavy atom. The fourth-order valence-corrected chi connectivity index (χ4v) is 1.03. The van der Waals surface area contributed by atoms with Crippen LogP contribution in [-0.4, -0.2) is 5.16 Å². The van der Waals surface area contributed by atoms with Crippen LogP contribution in [0.2, 0.25) is 0 Å². The van der Waals surface area contributed by atoms with Crippen LogP contribution >= 0.6 is 0 Å². The summed E-state index contributed by atoms with van der Waals surface area (Å²) in [7, 11) is 0. The molecule has 0 atom stereocenters. The predicted octanol–water partition coefficient (Wildman–Crippen LogP) is 2.49. The van der Waals surface area contributed by atoms with Gasteiger partial charge < -0.3 is 4.52 Å². The van der Waals surface area contributed by atoms with Gasteiger partial charge in [-0.2, -0.15) is 0 Å². The molecule has 0 saturated heterocycles. The van der Waals surface area contributed by atoms with Crippen LogP contribution in [0, 0.1) is 0 Å². The Morgan fingerprint density at radius 1 is 1.17 bits per heavy atom. The average Bonchev–Trinajstić information content (AvgIpc) is 2.57. The van der Waals surface area contributed by atoms with Gasteiger partial charge >= 0.3 is 0 Å². The summed E-state index contributed by atoms with van der Waals surface area (Å²) in [6.07, 6.45) is 1.45. The highest BCUT2D eigenvalue weighted by molar-refractivity contribution is 5.65. The summed E-state index contributed by atoms with van der Waals surface area (Å²) in [6.45, 7) is 0. The van der Waals surface area contributed by atoms with Gasteiger partial charge in [-0.25, -0.2) is 0 Å². The van der Waals surface area contributed by atoms with Gasteiger partial charge in [0, 0.05) is 6.07 Å². The first-order valence-corrected chi connectivity index (χ1v) is 3.55. The molecule has 0 N–H and O–H groups in total. The first-order chi connectivity index (χ1) is 5.88. The van der Waals surface area contributed by atoms with Crippen molar-refractivity contribution in [3.63, 3.8) is 0 Å². The molecule has 12 heavy (non-hydrogen) atoms. The normalized spacial score (nSPS) is 10.0. The van der Waals surface area contributed by atoms with Crippen LogP contribution in [-0.2, 0) is 5.11 Å². The number of hydrogen-bond donors (Lipinski definition) is 0. The number of para-hydroxylation sites is 1. The molecule has 0 aliphatic rings. The van der Waals surface area contributed by atoms with Crippen molar-refractivity contribution in [1.82, 2.24) is 5.16 Å². The van der Waals surface area contributed by atoms with E-state index in [1.54, 1.807) is 24.3 Å². The van der Waals surface area contributed by atoms with E-state index in [0.717, 1.165) is 0 Å². The molecule has 1 aromatic heterocycles. The summed E-state index contributed by atoms with van der Waals surface area (Å²) in [5.41, 5.74) is 1.16. The molecule has 0 aliphatic carbocycles. The molecule has 0 bridgehead atoms. The number of aromatic nitrogens is 1. The second-order valence-corrected chi connectivity index (χ2v) is 2.38. The van der Waals surface area contributed by atoms with Crippen molar-refractivity contribution in [2.45, 2.75) is 0 Å². The van der Waals surface area contributed by atoms with Gasteiger partial charge in [-0.3, -0.25) is 5.11 Å². The van der Waals surface area contributed by atoms with Crippen molar-refractivity contribution >= 4 is 0 Å². The third-order valence-corrected chi connectivity index (χ3v) is 1.60. The molecule has 1 aromatic carbocycles. The van der Waals surface area contributed by atoms with Gasteiger partial charge in [-0.1, -0.05) is 17.3 Å². The largest absolute Gasteiger partial charge is 0.364 e. The lowest BCUT2D eigenvalue weighted by Gasteiger charge is -1.94. The van der Waals surface area contributed by atoms with Crippen molar-refractivity contribution in [2.75, 3.05) is 0 Å². The molecule has 0 spiro atoms. The fourth-order valence-electron chi connectivity index (χ4n) is 1.03. The van der Waals surface area contributed by atoms with Crippen LogP contribution in [0.3, 0.4) is 0 Å². The molecule has 0 unspecified atom stereocenters. The van der Waals surface area contributed by atoms with E-state index < -0.39 is 0 Å². The second kappa shape index (κ2) is 2.70. The Morgan fingerprint density at radius 3 is 2.67 bits per heavy atom. The first-order valence-electron chi connectivity index (χ1n) is 3.55. The third kappa shape index (κ3) is 1.05. The minimum Gasteiger partial charge on any atom is -0.364 e. The second-order valence-electron chi connectivity index (χ2n) is 2.38. The zero-order valence-electron chi connectivity index (χ0n) is 6.23. The topological polar surface area (TPSA) is 45.9 Å². The maximum atomic E-state index is 11.2. The van der Waals surface area contributed by atoms with Crippen LogP contribution in [0.4, 0.5) is 0 Å². The lowest BCUT2D eigenvalue weighted by molar-refractivity contribution is 0.356. The van der Waals surface area contributed by atoms with Gasteiger partial charge in [0.2, 0.25) is 0 Å². The Bertz CT molecular complexity index is 368. The van der Waals surface area contributed by atoms with Crippen molar-refractivity contribution in [3.8, 4) is 17.0 Å². The molecule has 3 heteroatoms. The van der Waals surface area contributed by atoms with E-state index >= 15 is 0 Å². The SMILES string of the molecule is [O]c1ccccc1-c1ccon1. The quantitative estimate of drug-likeness (QED) is 0.643. The highest BCUT2D eigenvalue weighted by atomic mass is 16.5. The molecule has 0 amide bonds. The van der Waals surface area contributed by atoms with Crippen molar-refractivity contribution in [2.24, 2.45) is 0 Å². The van der Waals surface area contributed by atoms with Crippen molar-refractivity contribution in [1.29, 1.82) is 0 Å². The molecular weight excluding hydrogens is 154 g/mol. The molecule has 2 rings (SSSR count). The minimum absolute atomic E-state index is 0.0357. The van der Waals surface area contributed by atoms with E-state index in [9.17, 15) is 5.11 Å². The van der Waals surface area contributed by atoms with Crippen molar-refractivity contribution < 1.29 is 9.63 Å². The van der Waals surface area contributed by atoms with Crippen LogP contribution in [0.25, 0.3) is 11.3 Å². The monoisotopic (exact) mass is 160 g/mol. The van der Waals surface area contributed by atoms with E-state index in [1.807, 2.05) is 0 Å². The van der Waals surface area contributed by atoms with Gasteiger partial charge in [0.1, 0.15) is 12.0 Å². The molecular formula is C9H6NO2. The molecule has 3 nitrogen and oxygen atoms in total. The molecule has 1 radical (unpaired) electrons. The highest BCUT2D eigenvalue weighted by Gasteiger charge is 2.06. The zero-order valence-corrected chi connectivity index (χ0v) is 6.23. The Labute approximate surface area is 69.2 Å². The maximum absolute atomic E-state index is 11.2. The third-order valence-electron chi connectivity index (χ3n) is 1.60. The summed E-state index contributed by atoms with van der Waals surface area (Å²) in [5, 5.41) is 14.9. The Balaban J connectivity index is 2.55. The summed E-state index contributed by atoms with van der Waals surface area (Å²) in [5.74, 6) is -0.0357. The smallest absolute Gasteiger partial charge is 0.188 e. The standard InChI is InChI=1S/C9H6NO2/c11-9-4-2-1-3-7(9)8-5-6-12-10-8/h1-6H. The molecule has 1 heterocycles. The summed E-state index contributed by atoms with van der Waals surface area (Å²) >= 11 is 0. The molecule has 59 valence electrons. The Hall–Kier alpha value is -1.77. The lowest BCUT2D eigenvalue weighted by atomic mass is 10.1. The molecule has 0 saturated carbocycles. The van der Waals surface area contributed by atoms with Gasteiger partial charge in [0.15, 0.2) is 5.75 Å². The van der Waals surface area contributed by atoms with Crippen LogP contribution in [0.5, 0.6) is 5.75 Å². The minimum atomic E-state index is -0.0357. The number of rotatable bonds is 1. The van der Waals surface area contributed by atoms with Gasteiger partial charge in [0.25, 0.3) is 0 Å². The van der Waals surface area contributed by atoms with Gasteiger partial charge in [0.05, 0.1) is 5.56 Å². The average molecular weight is 160 g/mol. The van der Waals surface area contributed by atoms with Crippen molar-refractivity contribution in [3.05, 3.63) is 36.6 Å². The zero-order chi connectivity index (χ0) is 8.39. The maximum Gasteiger partial charge on any atom is 0.188 e. The van der Waals surface area contributed by atoms with E-state index in [0.29, 0.717) is 11.3 Å². The Kier molecular flexibility index (Phi) is 1.55. The highest BCUT2D eigenvalue weighted by Crippen LogP contribution is 2.27. The molecule has 0 aliphatic heterocycles. The van der Waals surface area contributed by atoms with Crippen LogP contribution < -0.4 is 0 Å². The molecule has 0 fully saturated rings. The van der Waals surface area contributed by atoms with Crippen LogP contribution in [0.15, 0.2) is 41.1 Å². The van der Waals surface area contributed by atoms with Crippen LogP contribution in [0.1, 0.15) is 0 Å². The van der Waals surface area contributed by atoms with Gasteiger partial charge in [-0.05, 0) is 12.1 Å². The number of benzene rings is 1. The van der Waals surface area contributed by atoms with E-state index in [4.69, 9.17) is 0 Å². The van der Waals surface area contributed by atoms with E-state index in [2.05, 4.69) is 9.68 Å². The predicted molar refractivity (Wildman–Crippen MR) is 42.1 cm³/mol. The fraction of sp³-hybridized carbons (Fsp3) is 0. The first kappa shape index (κ1) is 6.91. The van der Waals surface area contributed by atoms with E-state index in [-0.39, 0.29) is 5.75 Å².